The molecule has 1 aromatic rings. The molecule has 5 heteroatoms. The van der Waals surface area contributed by atoms with Crippen molar-refractivity contribution in [3.63, 3.8) is 0 Å². The number of aliphatic hydroxyl groups is 1. The maximum atomic E-state index is 11.8. The molecule has 0 radical (unpaired) electrons. The second-order valence-corrected chi connectivity index (χ2v) is 4.31. The summed E-state index contributed by atoms with van der Waals surface area (Å²) in [4.78, 5) is 22.9. The quantitative estimate of drug-likeness (QED) is 0.513. The van der Waals surface area contributed by atoms with Crippen LogP contribution in [-0.2, 0) is 9.59 Å². The number of terminal acetylenes is 1. The number of hydrogen-bond acceptors (Lipinski definition) is 3. The minimum Gasteiger partial charge on any atom is -0.480 e. The summed E-state index contributed by atoms with van der Waals surface area (Å²) in [5.74, 6) is 0.534. The normalized spacial score (nSPS) is 13.0. The predicted octanol–water partition coefficient (Wildman–Crippen LogP) is 1.09. The lowest BCUT2D eigenvalue weighted by Crippen LogP contribution is -2.43. The van der Waals surface area contributed by atoms with Crippen LogP contribution in [0.3, 0.4) is 0 Å². The van der Waals surface area contributed by atoms with Gasteiger partial charge in [0.1, 0.15) is 6.04 Å². The van der Waals surface area contributed by atoms with Crippen molar-refractivity contribution in [2.45, 2.75) is 31.4 Å². The van der Waals surface area contributed by atoms with Crippen LogP contribution in [0, 0.1) is 12.3 Å². The summed E-state index contributed by atoms with van der Waals surface area (Å²) < 4.78 is 0. The molecule has 1 aromatic carbocycles. The van der Waals surface area contributed by atoms with Gasteiger partial charge in [0.15, 0.2) is 6.10 Å². The number of carboxylic acid groups (broad SMARTS) is 1. The highest BCUT2D eigenvalue weighted by Gasteiger charge is 2.24. The number of amides is 1. The molecule has 5 nitrogen and oxygen atoms in total. The zero-order valence-electron chi connectivity index (χ0n) is 11.0. The third-order valence-corrected chi connectivity index (χ3v) is 2.79. The molecule has 0 spiro atoms. The summed E-state index contributed by atoms with van der Waals surface area (Å²) in [5, 5.41) is 21.2. The monoisotopic (exact) mass is 275 g/mol. The van der Waals surface area contributed by atoms with Gasteiger partial charge in [0.05, 0.1) is 0 Å². The van der Waals surface area contributed by atoms with Gasteiger partial charge in [-0.05, 0) is 18.4 Å². The molecule has 1 rings (SSSR count). The van der Waals surface area contributed by atoms with Crippen molar-refractivity contribution < 1.29 is 19.8 Å². The number of rotatable bonds is 7. The van der Waals surface area contributed by atoms with Crippen LogP contribution in [0.2, 0.25) is 0 Å². The molecule has 0 fully saturated rings. The fourth-order valence-corrected chi connectivity index (χ4v) is 1.70. The number of aliphatic carboxylic acids is 1. The van der Waals surface area contributed by atoms with Gasteiger partial charge >= 0.3 is 5.97 Å². The highest BCUT2D eigenvalue weighted by molar-refractivity contribution is 5.86. The van der Waals surface area contributed by atoms with E-state index in [1.807, 2.05) is 0 Å². The van der Waals surface area contributed by atoms with E-state index in [1.54, 1.807) is 30.3 Å². The minimum absolute atomic E-state index is 0.229. The minimum atomic E-state index is -1.38. The van der Waals surface area contributed by atoms with Gasteiger partial charge in [-0.1, -0.05) is 30.3 Å². The molecular weight excluding hydrogens is 258 g/mol. The number of carbonyl (C=O) groups excluding carboxylic acids is 1. The maximum absolute atomic E-state index is 11.8. The molecule has 1 amide bonds. The highest BCUT2D eigenvalue weighted by Crippen LogP contribution is 2.13. The zero-order chi connectivity index (χ0) is 15.0. The molecule has 106 valence electrons. The van der Waals surface area contributed by atoms with Gasteiger partial charge in [0.2, 0.25) is 0 Å². The third kappa shape index (κ3) is 4.75. The summed E-state index contributed by atoms with van der Waals surface area (Å²) in [6.07, 6.45) is 4.88. The van der Waals surface area contributed by atoms with Gasteiger partial charge in [-0.3, -0.25) is 4.79 Å². The molecule has 2 atom stereocenters. The molecule has 3 N–H and O–H groups in total. The van der Waals surface area contributed by atoms with Gasteiger partial charge in [0, 0.05) is 6.42 Å². The van der Waals surface area contributed by atoms with Crippen LogP contribution < -0.4 is 5.32 Å². The Morgan fingerprint density at radius 3 is 2.50 bits per heavy atom. The van der Waals surface area contributed by atoms with Gasteiger partial charge in [-0.2, -0.15) is 0 Å². The fraction of sp³-hybridized carbons (Fsp3) is 0.333. The van der Waals surface area contributed by atoms with E-state index in [2.05, 4.69) is 11.2 Å². The standard InChI is InChI=1S/C15H17NO4/c1-2-3-5-10-12(15(19)20)16-14(18)13(17)11-8-6-4-7-9-11/h1,4,6-9,12-13,17H,3,5,10H2,(H,16,18)(H,19,20)/t12-,13-/m0/s1. The molecule has 0 aromatic heterocycles. The van der Waals surface area contributed by atoms with E-state index in [0.717, 1.165) is 0 Å². The summed E-state index contributed by atoms with van der Waals surface area (Å²) in [7, 11) is 0. The van der Waals surface area contributed by atoms with Crippen molar-refractivity contribution in [3.8, 4) is 12.3 Å². The summed E-state index contributed by atoms with van der Waals surface area (Å²) >= 11 is 0. The van der Waals surface area contributed by atoms with E-state index < -0.39 is 24.0 Å². The number of carbonyl (C=O) groups is 2. The van der Waals surface area contributed by atoms with E-state index in [0.29, 0.717) is 18.4 Å². The highest BCUT2D eigenvalue weighted by atomic mass is 16.4. The lowest BCUT2D eigenvalue weighted by molar-refractivity contribution is -0.143. The Balaban J connectivity index is 2.62. The van der Waals surface area contributed by atoms with Crippen molar-refractivity contribution in [1.29, 1.82) is 0 Å². The van der Waals surface area contributed by atoms with Gasteiger partial charge in [0.25, 0.3) is 5.91 Å². The Kier molecular flexibility index (Phi) is 6.27. The van der Waals surface area contributed by atoms with E-state index in [-0.39, 0.29) is 6.42 Å². The first-order chi connectivity index (χ1) is 9.56. The van der Waals surface area contributed by atoms with Crippen LogP contribution in [0.5, 0.6) is 0 Å². The Labute approximate surface area is 117 Å². The third-order valence-electron chi connectivity index (χ3n) is 2.79. The number of unbranched alkanes of at least 4 members (excludes halogenated alkanes) is 1. The van der Waals surface area contributed by atoms with Gasteiger partial charge in [-0.15, -0.1) is 12.3 Å². The molecule has 0 aliphatic carbocycles. The number of nitrogens with one attached hydrogen (secondary N) is 1. The van der Waals surface area contributed by atoms with Crippen molar-refractivity contribution >= 4 is 11.9 Å². The Morgan fingerprint density at radius 2 is 1.95 bits per heavy atom. The molecule has 20 heavy (non-hydrogen) atoms. The molecule has 0 unspecified atom stereocenters. The number of benzene rings is 1. The first-order valence-corrected chi connectivity index (χ1v) is 6.26. The SMILES string of the molecule is C#CCCC[C@H](NC(=O)[C@@H](O)c1ccccc1)C(=O)O. The van der Waals surface area contributed by atoms with E-state index >= 15 is 0 Å². The van der Waals surface area contributed by atoms with Crippen LogP contribution in [0.4, 0.5) is 0 Å². The average Bonchev–Trinajstić information content (AvgIpc) is 2.46. The summed E-state index contributed by atoms with van der Waals surface area (Å²) in [6, 6.07) is 7.28. The lowest BCUT2D eigenvalue weighted by atomic mass is 10.1. The number of carboxylic acids is 1. The van der Waals surface area contributed by atoms with Crippen molar-refractivity contribution in [3.05, 3.63) is 35.9 Å². The summed E-state index contributed by atoms with van der Waals surface area (Å²) in [5.41, 5.74) is 0.415. The Morgan fingerprint density at radius 1 is 1.30 bits per heavy atom. The largest absolute Gasteiger partial charge is 0.480 e. The van der Waals surface area contributed by atoms with Crippen molar-refractivity contribution in [2.75, 3.05) is 0 Å². The van der Waals surface area contributed by atoms with Crippen LogP contribution in [0.25, 0.3) is 0 Å². The predicted molar refractivity (Wildman–Crippen MR) is 73.7 cm³/mol. The van der Waals surface area contributed by atoms with E-state index in [9.17, 15) is 14.7 Å². The van der Waals surface area contributed by atoms with Crippen molar-refractivity contribution in [2.24, 2.45) is 0 Å². The topological polar surface area (TPSA) is 86.6 Å². The second-order valence-electron chi connectivity index (χ2n) is 4.31. The van der Waals surface area contributed by atoms with Crippen LogP contribution in [-0.4, -0.2) is 28.1 Å². The first kappa shape index (κ1) is 15.7. The molecule has 0 saturated heterocycles. The molecule has 0 aliphatic rings. The summed E-state index contributed by atoms with van der Waals surface area (Å²) in [6.45, 7) is 0. The van der Waals surface area contributed by atoms with Gasteiger partial charge < -0.3 is 15.5 Å². The Hall–Kier alpha value is -2.32. The molecular formula is C15H17NO4. The second kappa shape index (κ2) is 7.97. The maximum Gasteiger partial charge on any atom is 0.326 e. The molecule has 0 heterocycles. The van der Waals surface area contributed by atoms with E-state index in [1.165, 1.54) is 0 Å². The molecule has 0 bridgehead atoms. The fourth-order valence-electron chi connectivity index (χ4n) is 1.70. The van der Waals surface area contributed by atoms with E-state index in [4.69, 9.17) is 11.5 Å². The average molecular weight is 275 g/mol. The lowest BCUT2D eigenvalue weighted by Gasteiger charge is -2.17. The number of aliphatic hydroxyl groups excluding tert-OH is 1. The smallest absolute Gasteiger partial charge is 0.326 e. The molecule has 0 saturated carbocycles. The number of hydrogen-bond donors (Lipinski definition) is 3. The van der Waals surface area contributed by atoms with Crippen molar-refractivity contribution in [1.82, 2.24) is 5.32 Å². The van der Waals surface area contributed by atoms with Gasteiger partial charge in [-0.25, -0.2) is 4.79 Å². The van der Waals surface area contributed by atoms with Crippen LogP contribution in [0.15, 0.2) is 30.3 Å². The first-order valence-electron chi connectivity index (χ1n) is 6.26. The Bertz CT molecular complexity index is 492. The zero-order valence-corrected chi connectivity index (χ0v) is 11.0. The van der Waals surface area contributed by atoms with Crippen LogP contribution in [0.1, 0.15) is 30.9 Å². The molecule has 0 aliphatic heterocycles. The van der Waals surface area contributed by atoms with Crippen LogP contribution >= 0.6 is 0 Å².